The van der Waals surface area contributed by atoms with Crippen LogP contribution in [0.5, 0.6) is 0 Å². The average molecular weight is 219 g/mol. The summed E-state index contributed by atoms with van der Waals surface area (Å²) in [5, 5.41) is 0. The summed E-state index contributed by atoms with van der Waals surface area (Å²) in [6.07, 6.45) is 1.09. The highest BCUT2D eigenvalue weighted by atomic mass is 14.5. The summed E-state index contributed by atoms with van der Waals surface area (Å²) in [7, 11) is 0. The van der Waals surface area contributed by atoms with E-state index in [1.165, 1.54) is 16.7 Å². The lowest BCUT2D eigenvalue weighted by Gasteiger charge is -2.21. The zero-order chi connectivity index (χ0) is 12.3. The maximum absolute atomic E-state index is 5.69. The van der Waals surface area contributed by atoms with Crippen molar-refractivity contribution < 1.29 is 0 Å². The van der Waals surface area contributed by atoms with E-state index < -0.39 is 0 Å². The van der Waals surface area contributed by atoms with Gasteiger partial charge in [0.05, 0.1) is 0 Å². The number of benzene rings is 1. The summed E-state index contributed by atoms with van der Waals surface area (Å²) in [4.78, 5) is 0. The van der Waals surface area contributed by atoms with Crippen LogP contribution in [0.15, 0.2) is 18.2 Å². The normalized spacial score (nSPS) is 13.9. The van der Waals surface area contributed by atoms with E-state index in [0.717, 1.165) is 13.0 Å². The summed E-state index contributed by atoms with van der Waals surface area (Å²) < 4.78 is 0. The lowest BCUT2D eigenvalue weighted by atomic mass is 9.84. The molecule has 0 aliphatic rings. The van der Waals surface area contributed by atoms with E-state index in [1.54, 1.807) is 0 Å². The van der Waals surface area contributed by atoms with Crippen LogP contribution in [0.3, 0.4) is 0 Å². The molecule has 1 aromatic rings. The fraction of sp³-hybridized carbons (Fsp3) is 0.600. The second-order valence-corrected chi connectivity index (χ2v) is 5.94. The minimum atomic E-state index is 0.231. The van der Waals surface area contributed by atoms with Gasteiger partial charge in [-0.1, -0.05) is 45.9 Å². The Hall–Kier alpha value is -0.820. The molecule has 16 heavy (non-hydrogen) atoms. The SMILES string of the molecule is Cc1ccc(C(C)(C)C)cc1CC(C)CN. The Bertz CT molecular complexity index is 347. The van der Waals surface area contributed by atoms with Crippen LogP contribution in [0.1, 0.15) is 44.4 Å². The van der Waals surface area contributed by atoms with Crippen molar-refractivity contribution in [3.8, 4) is 0 Å². The van der Waals surface area contributed by atoms with Crippen molar-refractivity contribution in [1.82, 2.24) is 0 Å². The molecule has 0 aromatic heterocycles. The Balaban J connectivity index is 3.00. The first-order valence-electron chi connectivity index (χ1n) is 6.14. The molecule has 0 bridgehead atoms. The van der Waals surface area contributed by atoms with Gasteiger partial charge in [0, 0.05) is 0 Å². The molecule has 1 nitrogen and oxygen atoms in total. The van der Waals surface area contributed by atoms with Crippen LogP contribution >= 0.6 is 0 Å². The predicted molar refractivity (Wildman–Crippen MR) is 71.8 cm³/mol. The first-order chi connectivity index (χ1) is 7.34. The Morgan fingerprint density at radius 2 is 1.88 bits per heavy atom. The second-order valence-electron chi connectivity index (χ2n) is 5.94. The second kappa shape index (κ2) is 5.01. The number of aryl methyl sites for hydroxylation is 1. The van der Waals surface area contributed by atoms with Crippen LogP contribution in [0, 0.1) is 12.8 Å². The van der Waals surface area contributed by atoms with Gasteiger partial charge in [-0.25, -0.2) is 0 Å². The maximum atomic E-state index is 5.69. The summed E-state index contributed by atoms with van der Waals surface area (Å²) in [5.74, 6) is 0.564. The summed E-state index contributed by atoms with van der Waals surface area (Å²) in [6, 6.07) is 6.83. The van der Waals surface area contributed by atoms with Crippen molar-refractivity contribution in [3.05, 3.63) is 34.9 Å². The molecule has 0 amide bonds. The van der Waals surface area contributed by atoms with Gasteiger partial charge in [0.2, 0.25) is 0 Å². The molecule has 0 saturated heterocycles. The third-order valence-corrected chi connectivity index (χ3v) is 3.19. The van der Waals surface area contributed by atoms with E-state index in [2.05, 4.69) is 52.8 Å². The summed E-state index contributed by atoms with van der Waals surface area (Å²) in [5.41, 5.74) is 10.2. The largest absolute Gasteiger partial charge is 0.330 e. The molecule has 1 heteroatoms. The molecular weight excluding hydrogens is 194 g/mol. The smallest absolute Gasteiger partial charge is 0.00483 e. The molecule has 0 radical (unpaired) electrons. The Labute approximate surface area is 100 Å². The van der Waals surface area contributed by atoms with Crippen LogP contribution in [-0.2, 0) is 11.8 Å². The van der Waals surface area contributed by atoms with Gasteiger partial charge in [-0.05, 0) is 47.9 Å². The number of hydrogen-bond acceptors (Lipinski definition) is 1. The number of rotatable bonds is 3. The Morgan fingerprint density at radius 1 is 1.25 bits per heavy atom. The Kier molecular flexibility index (Phi) is 4.15. The van der Waals surface area contributed by atoms with Crippen LogP contribution in [-0.4, -0.2) is 6.54 Å². The zero-order valence-electron chi connectivity index (χ0n) is 11.3. The van der Waals surface area contributed by atoms with E-state index >= 15 is 0 Å². The van der Waals surface area contributed by atoms with Gasteiger partial charge in [-0.15, -0.1) is 0 Å². The topological polar surface area (TPSA) is 26.0 Å². The van der Waals surface area contributed by atoms with Gasteiger partial charge in [0.15, 0.2) is 0 Å². The van der Waals surface area contributed by atoms with Crippen molar-refractivity contribution in [2.75, 3.05) is 6.54 Å². The molecule has 0 aliphatic heterocycles. The van der Waals surface area contributed by atoms with E-state index in [4.69, 9.17) is 5.73 Å². The highest BCUT2D eigenvalue weighted by Crippen LogP contribution is 2.25. The lowest BCUT2D eigenvalue weighted by Crippen LogP contribution is -2.15. The van der Waals surface area contributed by atoms with Gasteiger partial charge < -0.3 is 5.73 Å². The molecule has 0 spiro atoms. The highest BCUT2D eigenvalue weighted by molar-refractivity contribution is 5.34. The van der Waals surface area contributed by atoms with Crippen molar-refractivity contribution in [3.63, 3.8) is 0 Å². The van der Waals surface area contributed by atoms with Gasteiger partial charge in [-0.3, -0.25) is 0 Å². The van der Waals surface area contributed by atoms with Crippen molar-refractivity contribution in [2.24, 2.45) is 11.7 Å². The van der Waals surface area contributed by atoms with Crippen LogP contribution in [0.2, 0.25) is 0 Å². The molecule has 0 saturated carbocycles. The van der Waals surface area contributed by atoms with Gasteiger partial charge in [0.1, 0.15) is 0 Å². The highest BCUT2D eigenvalue weighted by Gasteiger charge is 2.15. The molecule has 2 N–H and O–H groups in total. The summed E-state index contributed by atoms with van der Waals surface area (Å²) >= 11 is 0. The first-order valence-corrected chi connectivity index (χ1v) is 6.14. The molecule has 0 aliphatic carbocycles. The van der Waals surface area contributed by atoms with Crippen LogP contribution in [0.4, 0.5) is 0 Å². The van der Waals surface area contributed by atoms with Gasteiger partial charge >= 0.3 is 0 Å². The third-order valence-electron chi connectivity index (χ3n) is 3.19. The maximum Gasteiger partial charge on any atom is -0.00483 e. The minimum absolute atomic E-state index is 0.231. The molecule has 1 atom stereocenters. The standard InChI is InChI=1S/C15H25N/c1-11(10-16)8-13-9-14(15(3,4)5)7-6-12(13)2/h6-7,9,11H,8,10,16H2,1-5H3. The molecule has 0 heterocycles. The van der Waals surface area contributed by atoms with E-state index in [0.29, 0.717) is 5.92 Å². The molecule has 1 aromatic carbocycles. The molecule has 1 unspecified atom stereocenters. The Morgan fingerprint density at radius 3 is 2.38 bits per heavy atom. The van der Waals surface area contributed by atoms with Gasteiger partial charge in [0.25, 0.3) is 0 Å². The van der Waals surface area contributed by atoms with E-state index in [1.807, 2.05) is 0 Å². The first kappa shape index (κ1) is 13.2. The molecule has 1 rings (SSSR count). The fourth-order valence-electron chi connectivity index (χ4n) is 1.82. The molecule has 90 valence electrons. The van der Waals surface area contributed by atoms with Crippen molar-refractivity contribution >= 4 is 0 Å². The number of hydrogen-bond donors (Lipinski definition) is 1. The molecule has 0 fully saturated rings. The fourth-order valence-corrected chi connectivity index (χ4v) is 1.82. The third kappa shape index (κ3) is 3.34. The van der Waals surface area contributed by atoms with Gasteiger partial charge in [-0.2, -0.15) is 0 Å². The summed E-state index contributed by atoms with van der Waals surface area (Å²) in [6.45, 7) is 11.9. The quantitative estimate of drug-likeness (QED) is 0.828. The minimum Gasteiger partial charge on any atom is -0.330 e. The average Bonchev–Trinajstić information content (AvgIpc) is 2.19. The lowest BCUT2D eigenvalue weighted by molar-refractivity contribution is 0.576. The monoisotopic (exact) mass is 219 g/mol. The van der Waals surface area contributed by atoms with E-state index in [-0.39, 0.29) is 5.41 Å². The van der Waals surface area contributed by atoms with Crippen LogP contribution in [0.25, 0.3) is 0 Å². The van der Waals surface area contributed by atoms with Crippen molar-refractivity contribution in [2.45, 2.75) is 46.5 Å². The van der Waals surface area contributed by atoms with Crippen LogP contribution < -0.4 is 5.73 Å². The number of nitrogens with two attached hydrogens (primary N) is 1. The zero-order valence-corrected chi connectivity index (χ0v) is 11.3. The molecular formula is C15H25N. The van der Waals surface area contributed by atoms with Crippen molar-refractivity contribution in [1.29, 1.82) is 0 Å². The van der Waals surface area contributed by atoms with E-state index in [9.17, 15) is 0 Å². The predicted octanol–water partition coefficient (Wildman–Crippen LogP) is 3.43.